The van der Waals surface area contributed by atoms with Gasteiger partial charge in [0.15, 0.2) is 0 Å². The second-order valence-electron chi connectivity index (χ2n) is 8.36. The van der Waals surface area contributed by atoms with Crippen LogP contribution in [0.2, 0.25) is 0 Å². The van der Waals surface area contributed by atoms with Gasteiger partial charge in [-0.2, -0.15) is 0 Å². The van der Waals surface area contributed by atoms with E-state index in [1.54, 1.807) is 0 Å². The number of rotatable bonds is 4. The molecule has 3 aliphatic rings. The number of hydrogen-bond acceptors (Lipinski definition) is 3. The second kappa shape index (κ2) is 7.46. The number of amides is 2. The van der Waals surface area contributed by atoms with E-state index in [0.29, 0.717) is 31.0 Å². The van der Waals surface area contributed by atoms with Crippen molar-refractivity contribution in [2.45, 2.75) is 52.1 Å². The lowest BCUT2D eigenvalue weighted by atomic mass is 9.93. The smallest absolute Gasteiger partial charge is 0.257 e. The second-order valence-corrected chi connectivity index (χ2v) is 8.36. The van der Waals surface area contributed by atoms with Gasteiger partial charge in [0.2, 0.25) is 5.91 Å². The number of nitrogens with zero attached hydrogens (tertiary/aromatic N) is 2. The zero-order chi connectivity index (χ0) is 19.8. The Morgan fingerprint density at radius 1 is 1.18 bits per heavy atom. The van der Waals surface area contributed by atoms with E-state index in [9.17, 15) is 9.59 Å². The van der Waals surface area contributed by atoms with Gasteiger partial charge in [-0.1, -0.05) is 44.2 Å². The number of furan rings is 1. The Bertz CT molecular complexity index is 871. The molecule has 0 radical (unpaired) electrons. The maximum Gasteiger partial charge on any atom is 0.257 e. The Morgan fingerprint density at radius 2 is 1.93 bits per heavy atom. The van der Waals surface area contributed by atoms with E-state index in [1.165, 1.54) is 0 Å². The molecule has 28 heavy (non-hydrogen) atoms. The monoisotopic (exact) mass is 380 g/mol. The molecule has 3 saturated heterocycles. The van der Waals surface area contributed by atoms with Crippen molar-refractivity contribution in [1.29, 1.82) is 0 Å². The largest absolute Gasteiger partial charge is 0.465 e. The molecule has 3 aliphatic heterocycles. The van der Waals surface area contributed by atoms with E-state index >= 15 is 0 Å². The normalized spacial score (nSPS) is 22.1. The van der Waals surface area contributed by atoms with Crippen LogP contribution in [0.4, 0.5) is 0 Å². The first kappa shape index (κ1) is 18.8. The minimum atomic E-state index is -0.108. The van der Waals surface area contributed by atoms with E-state index in [0.717, 1.165) is 24.2 Å². The summed E-state index contributed by atoms with van der Waals surface area (Å²) in [5, 5.41) is 0. The molecule has 148 valence electrons. The minimum absolute atomic E-state index is 0.0144. The molecule has 5 rings (SSSR count). The Morgan fingerprint density at radius 3 is 2.61 bits per heavy atom. The molecule has 0 aliphatic carbocycles. The number of fused-ring (bicyclic) bond motifs is 4. The molecule has 5 nitrogen and oxygen atoms in total. The Hall–Kier alpha value is -2.56. The average Bonchev–Trinajstić information content (AvgIpc) is 2.88. The highest BCUT2D eigenvalue weighted by molar-refractivity contribution is 5.96. The van der Waals surface area contributed by atoms with Crippen LogP contribution < -0.4 is 0 Å². The van der Waals surface area contributed by atoms with Gasteiger partial charge in [-0.05, 0) is 31.4 Å². The molecule has 0 N–H and O–H groups in total. The van der Waals surface area contributed by atoms with Crippen molar-refractivity contribution in [3.8, 4) is 0 Å². The van der Waals surface area contributed by atoms with Crippen LogP contribution in [0.3, 0.4) is 0 Å². The molecule has 5 heteroatoms. The first-order valence-electron chi connectivity index (χ1n) is 10.2. The predicted molar refractivity (Wildman–Crippen MR) is 107 cm³/mol. The molecular formula is C23H28N2O3. The average molecular weight is 380 g/mol. The molecule has 0 spiro atoms. The fourth-order valence-electron chi connectivity index (χ4n) is 4.37. The number of benzene rings is 1. The molecule has 4 heterocycles. The third-order valence-corrected chi connectivity index (χ3v) is 6.01. The fourth-order valence-corrected chi connectivity index (χ4v) is 4.37. The van der Waals surface area contributed by atoms with Crippen LogP contribution in [0.15, 0.2) is 40.8 Å². The third-order valence-electron chi connectivity index (χ3n) is 6.01. The van der Waals surface area contributed by atoms with Gasteiger partial charge in [-0.25, -0.2) is 0 Å². The van der Waals surface area contributed by atoms with Crippen molar-refractivity contribution in [3.63, 3.8) is 0 Å². The van der Waals surface area contributed by atoms with Gasteiger partial charge < -0.3 is 14.2 Å². The summed E-state index contributed by atoms with van der Waals surface area (Å²) in [5.74, 6) is 1.80. The fraction of sp³-hybridized carbons (Fsp3) is 0.478. The molecular weight excluding hydrogens is 352 g/mol. The molecule has 0 unspecified atom stereocenters. The topological polar surface area (TPSA) is 53.8 Å². The van der Waals surface area contributed by atoms with Crippen molar-refractivity contribution in [3.05, 3.63) is 59.0 Å². The van der Waals surface area contributed by atoms with Crippen LogP contribution in [-0.2, 0) is 11.3 Å². The first-order valence-corrected chi connectivity index (χ1v) is 10.2. The Labute approximate surface area is 166 Å². The molecule has 2 bridgehead atoms. The van der Waals surface area contributed by atoms with Gasteiger partial charge >= 0.3 is 0 Å². The minimum Gasteiger partial charge on any atom is -0.465 e. The molecule has 2 atom stereocenters. The summed E-state index contributed by atoms with van der Waals surface area (Å²) in [6, 6.07) is 12.0. The molecule has 1 aromatic heterocycles. The van der Waals surface area contributed by atoms with E-state index in [2.05, 4.69) is 26.0 Å². The Balaban J connectivity index is 1.56. The van der Waals surface area contributed by atoms with E-state index in [4.69, 9.17) is 4.42 Å². The number of piperidine rings is 1. The summed E-state index contributed by atoms with van der Waals surface area (Å²) in [6.07, 6.45) is 1.81. The van der Waals surface area contributed by atoms with Crippen LogP contribution in [-0.4, -0.2) is 40.7 Å². The lowest BCUT2D eigenvalue weighted by molar-refractivity contribution is -0.140. The lowest BCUT2D eigenvalue weighted by Gasteiger charge is -2.36. The quantitative estimate of drug-likeness (QED) is 0.806. The van der Waals surface area contributed by atoms with Crippen molar-refractivity contribution in [2.24, 2.45) is 5.92 Å². The summed E-state index contributed by atoms with van der Waals surface area (Å²) in [5.41, 5.74) is 1.76. The highest BCUT2D eigenvalue weighted by Crippen LogP contribution is 2.32. The molecule has 2 amide bonds. The van der Waals surface area contributed by atoms with Crippen LogP contribution in [0, 0.1) is 12.8 Å². The van der Waals surface area contributed by atoms with Gasteiger partial charge in [0.1, 0.15) is 11.5 Å². The lowest BCUT2D eigenvalue weighted by Crippen LogP contribution is -2.47. The maximum absolute atomic E-state index is 13.2. The summed E-state index contributed by atoms with van der Waals surface area (Å²) < 4.78 is 5.78. The van der Waals surface area contributed by atoms with E-state index < -0.39 is 0 Å². The molecule has 0 saturated carbocycles. The van der Waals surface area contributed by atoms with Gasteiger partial charge in [0.05, 0.1) is 11.5 Å². The molecule has 1 aromatic carbocycles. The SMILES string of the molecule is Cc1oc(C(C)C)cc1C(=O)N1C[C@@H]2CC[C@H](C1)N(Cc1ccccc1)C2=O. The van der Waals surface area contributed by atoms with Crippen molar-refractivity contribution in [1.82, 2.24) is 9.80 Å². The Kier molecular flexibility index (Phi) is 5.00. The zero-order valence-corrected chi connectivity index (χ0v) is 16.9. The van der Waals surface area contributed by atoms with E-state index in [-0.39, 0.29) is 29.7 Å². The van der Waals surface area contributed by atoms with Crippen LogP contribution >= 0.6 is 0 Å². The summed E-state index contributed by atoms with van der Waals surface area (Å²) in [7, 11) is 0. The highest BCUT2D eigenvalue weighted by Gasteiger charge is 2.42. The van der Waals surface area contributed by atoms with Crippen molar-refractivity contribution < 1.29 is 14.0 Å². The van der Waals surface area contributed by atoms with E-state index in [1.807, 2.05) is 41.0 Å². The number of hydrogen-bond donors (Lipinski definition) is 0. The van der Waals surface area contributed by atoms with Gasteiger partial charge in [0.25, 0.3) is 5.91 Å². The number of aryl methyl sites for hydroxylation is 1. The number of carbonyl (C=O) groups is 2. The van der Waals surface area contributed by atoms with Gasteiger partial charge in [-0.15, -0.1) is 0 Å². The van der Waals surface area contributed by atoms with Crippen LogP contribution in [0.5, 0.6) is 0 Å². The summed E-state index contributed by atoms with van der Waals surface area (Å²) in [4.78, 5) is 30.1. The van der Waals surface area contributed by atoms with Crippen molar-refractivity contribution >= 4 is 11.8 Å². The van der Waals surface area contributed by atoms with Crippen LogP contribution in [0.25, 0.3) is 0 Å². The van der Waals surface area contributed by atoms with Crippen molar-refractivity contribution in [2.75, 3.05) is 13.1 Å². The standard InChI is InChI=1S/C23H28N2O3/c1-15(2)21-11-20(16(3)28-21)23(27)24-13-18-9-10-19(14-24)25(22(18)26)12-17-7-5-4-6-8-17/h4-8,11,15,18-19H,9-10,12-14H2,1-3H3/t18-,19+/m0/s1. The highest BCUT2D eigenvalue weighted by atomic mass is 16.3. The van der Waals surface area contributed by atoms with Crippen LogP contribution in [0.1, 0.15) is 60.0 Å². The molecule has 2 aromatic rings. The van der Waals surface area contributed by atoms with Gasteiger partial charge in [-0.3, -0.25) is 9.59 Å². The maximum atomic E-state index is 13.2. The number of carbonyl (C=O) groups excluding carboxylic acids is 2. The molecule has 3 fully saturated rings. The predicted octanol–water partition coefficient (Wildman–Crippen LogP) is 3.97. The first-order chi connectivity index (χ1) is 13.4. The third kappa shape index (κ3) is 3.46. The zero-order valence-electron chi connectivity index (χ0n) is 16.9. The van der Waals surface area contributed by atoms with Gasteiger partial charge in [0, 0.05) is 31.6 Å². The summed E-state index contributed by atoms with van der Waals surface area (Å²) >= 11 is 0. The summed E-state index contributed by atoms with van der Waals surface area (Å²) in [6.45, 7) is 7.66.